The van der Waals surface area contributed by atoms with E-state index in [1.165, 1.54) is 0 Å². The molecular formula is C8H18Cl2NP. The van der Waals surface area contributed by atoms with Crippen molar-refractivity contribution >= 4 is 29.1 Å². The molecule has 12 heavy (non-hydrogen) atoms. The first-order chi connectivity index (χ1) is 5.45. The van der Waals surface area contributed by atoms with Crippen LogP contribution in [0, 0.1) is 0 Å². The van der Waals surface area contributed by atoms with Gasteiger partial charge in [0.1, 0.15) is 0 Å². The standard InChI is InChI=1S/C8H18Cl2NP/c1-7(2)11(8(3)4)5-6-12(9)10/h7-8H,5-6H2,1-4H3. The monoisotopic (exact) mass is 229 g/mol. The van der Waals surface area contributed by atoms with Gasteiger partial charge in [-0.2, -0.15) is 0 Å². The Morgan fingerprint density at radius 2 is 1.50 bits per heavy atom. The maximum atomic E-state index is 5.73. The molecule has 0 saturated heterocycles. The molecular weight excluding hydrogens is 212 g/mol. The lowest BCUT2D eigenvalue weighted by Crippen LogP contribution is -2.38. The van der Waals surface area contributed by atoms with Crippen molar-refractivity contribution in [2.75, 3.05) is 12.7 Å². The molecule has 0 rings (SSSR count). The van der Waals surface area contributed by atoms with E-state index in [1.54, 1.807) is 0 Å². The molecule has 0 aliphatic heterocycles. The van der Waals surface area contributed by atoms with Crippen LogP contribution in [0.1, 0.15) is 27.7 Å². The second-order valence-electron chi connectivity index (χ2n) is 3.45. The highest BCUT2D eigenvalue weighted by Gasteiger charge is 2.13. The van der Waals surface area contributed by atoms with Gasteiger partial charge in [0.05, 0.1) is 6.63 Å². The maximum absolute atomic E-state index is 5.73. The third kappa shape index (κ3) is 5.59. The molecule has 0 fully saturated rings. The highest BCUT2D eigenvalue weighted by Crippen LogP contribution is 2.46. The minimum atomic E-state index is -0.780. The molecule has 0 aromatic rings. The molecule has 0 radical (unpaired) electrons. The lowest BCUT2D eigenvalue weighted by Gasteiger charge is -2.30. The minimum absolute atomic E-state index is 0.577. The van der Waals surface area contributed by atoms with Crippen molar-refractivity contribution in [1.29, 1.82) is 0 Å². The predicted octanol–water partition coefficient (Wildman–Crippen LogP) is 3.89. The van der Waals surface area contributed by atoms with E-state index in [1.807, 2.05) is 0 Å². The van der Waals surface area contributed by atoms with Crippen molar-refractivity contribution < 1.29 is 0 Å². The highest BCUT2D eigenvalue weighted by molar-refractivity contribution is 8.03. The zero-order chi connectivity index (χ0) is 9.72. The van der Waals surface area contributed by atoms with Gasteiger partial charge in [0, 0.05) is 24.8 Å². The van der Waals surface area contributed by atoms with E-state index in [0.717, 1.165) is 12.7 Å². The van der Waals surface area contributed by atoms with E-state index in [2.05, 4.69) is 32.6 Å². The quantitative estimate of drug-likeness (QED) is 0.647. The van der Waals surface area contributed by atoms with E-state index in [0.29, 0.717) is 12.1 Å². The maximum Gasteiger partial charge on any atom is 0.0867 e. The summed E-state index contributed by atoms with van der Waals surface area (Å²) >= 11 is 11.5. The van der Waals surface area contributed by atoms with Crippen LogP contribution >= 0.6 is 29.1 Å². The first kappa shape index (κ1) is 13.0. The molecule has 0 aliphatic carbocycles. The number of rotatable bonds is 5. The number of hydrogen-bond donors (Lipinski definition) is 0. The predicted molar refractivity (Wildman–Crippen MR) is 60.5 cm³/mol. The van der Waals surface area contributed by atoms with Gasteiger partial charge in [-0.05, 0) is 27.7 Å². The first-order valence-electron chi connectivity index (χ1n) is 4.30. The van der Waals surface area contributed by atoms with Gasteiger partial charge in [-0.3, -0.25) is 4.90 Å². The van der Waals surface area contributed by atoms with Crippen molar-refractivity contribution in [2.45, 2.75) is 39.8 Å². The van der Waals surface area contributed by atoms with Gasteiger partial charge >= 0.3 is 0 Å². The number of hydrogen-bond acceptors (Lipinski definition) is 1. The average molecular weight is 230 g/mol. The fraction of sp³-hybridized carbons (Fsp3) is 1.00. The molecule has 0 aliphatic rings. The molecule has 0 spiro atoms. The average Bonchev–Trinajstić information content (AvgIpc) is 1.84. The van der Waals surface area contributed by atoms with Gasteiger partial charge in [-0.15, -0.1) is 0 Å². The highest BCUT2D eigenvalue weighted by atomic mass is 35.9. The zero-order valence-electron chi connectivity index (χ0n) is 8.22. The summed E-state index contributed by atoms with van der Waals surface area (Å²) in [4.78, 5) is 2.40. The van der Waals surface area contributed by atoms with Gasteiger partial charge in [0.15, 0.2) is 0 Å². The molecule has 74 valence electrons. The second-order valence-corrected chi connectivity index (χ2v) is 7.47. The number of halogens is 2. The Labute approximate surface area is 86.7 Å². The van der Waals surface area contributed by atoms with Crippen LogP contribution in [0.2, 0.25) is 0 Å². The van der Waals surface area contributed by atoms with Gasteiger partial charge < -0.3 is 0 Å². The van der Waals surface area contributed by atoms with Crippen molar-refractivity contribution in [1.82, 2.24) is 4.90 Å². The number of nitrogens with zero attached hydrogens (tertiary/aromatic N) is 1. The molecule has 4 heteroatoms. The zero-order valence-corrected chi connectivity index (χ0v) is 10.6. The topological polar surface area (TPSA) is 3.24 Å². The van der Waals surface area contributed by atoms with Crippen LogP contribution in [-0.2, 0) is 0 Å². The Bertz CT molecular complexity index is 110. The van der Waals surface area contributed by atoms with Crippen LogP contribution in [0.15, 0.2) is 0 Å². The lowest BCUT2D eigenvalue weighted by molar-refractivity contribution is 0.187. The van der Waals surface area contributed by atoms with Crippen molar-refractivity contribution in [3.05, 3.63) is 0 Å². The first-order valence-corrected chi connectivity index (χ1v) is 7.63. The molecule has 0 aromatic heterocycles. The second kappa shape index (κ2) is 6.43. The van der Waals surface area contributed by atoms with Gasteiger partial charge in [-0.25, -0.2) is 0 Å². The van der Waals surface area contributed by atoms with Crippen LogP contribution < -0.4 is 0 Å². The van der Waals surface area contributed by atoms with Crippen LogP contribution in [0.3, 0.4) is 0 Å². The van der Waals surface area contributed by atoms with E-state index in [4.69, 9.17) is 22.5 Å². The molecule has 0 amide bonds. The van der Waals surface area contributed by atoms with Gasteiger partial charge in [0.25, 0.3) is 0 Å². The van der Waals surface area contributed by atoms with Crippen LogP contribution in [0.25, 0.3) is 0 Å². The minimum Gasteiger partial charge on any atom is -0.298 e. The van der Waals surface area contributed by atoms with E-state index < -0.39 is 6.63 Å². The Balaban J connectivity index is 3.80. The molecule has 0 atom stereocenters. The smallest absolute Gasteiger partial charge is 0.0867 e. The summed E-state index contributed by atoms with van der Waals surface area (Å²) in [5.74, 6) is 0. The van der Waals surface area contributed by atoms with Gasteiger partial charge in [0.2, 0.25) is 0 Å². The lowest BCUT2D eigenvalue weighted by atomic mass is 10.2. The Hall–Kier alpha value is 0.970. The Morgan fingerprint density at radius 1 is 1.08 bits per heavy atom. The summed E-state index contributed by atoms with van der Waals surface area (Å²) in [6.45, 7) is 9.02. The summed E-state index contributed by atoms with van der Waals surface area (Å²) in [6, 6.07) is 1.15. The van der Waals surface area contributed by atoms with E-state index >= 15 is 0 Å². The fourth-order valence-corrected chi connectivity index (χ4v) is 2.14. The summed E-state index contributed by atoms with van der Waals surface area (Å²) in [6.07, 6.45) is 0.912. The van der Waals surface area contributed by atoms with E-state index in [9.17, 15) is 0 Å². The molecule has 0 heterocycles. The molecule has 0 unspecified atom stereocenters. The van der Waals surface area contributed by atoms with Crippen molar-refractivity contribution in [3.63, 3.8) is 0 Å². The third-order valence-electron chi connectivity index (χ3n) is 1.85. The van der Waals surface area contributed by atoms with Crippen molar-refractivity contribution in [2.24, 2.45) is 0 Å². The Kier molecular flexibility index (Phi) is 6.95. The molecule has 0 N–H and O–H groups in total. The summed E-state index contributed by atoms with van der Waals surface area (Å²) in [5, 5.41) is 0. The normalized spacial score (nSPS) is 12.5. The fourth-order valence-electron chi connectivity index (χ4n) is 1.30. The summed E-state index contributed by atoms with van der Waals surface area (Å²) in [7, 11) is 0. The molecule has 0 bridgehead atoms. The largest absolute Gasteiger partial charge is 0.298 e. The van der Waals surface area contributed by atoms with E-state index in [-0.39, 0.29) is 0 Å². The SMILES string of the molecule is CC(C)N(CCP(Cl)Cl)C(C)C. The van der Waals surface area contributed by atoms with Crippen LogP contribution in [0.4, 0.5) is 0 Å². The molecule has 0 aromatic carbocycles. The third-order valence-corrected chi connectivity index (χ3v) is 3.41. The molecule has 1 nitrogen and oxygen atoms in total. The summed E-state index contributed by atoms with van der Waals surface area (Å²) < 4.78 is 0. The van der Waals surface area contributed by atoms with Gasteiger partial charge in [-0.1, -0.05) is 22.5 Å². The summed E-state index contributed by atoms with van der Waals surface area (Å²) in [5.41, 5.74) is 0. The Morgan fingerprint density at radius 3 is 1.75 bits per heavy atom. The van der Waals surface area contributed by atoms with Crippen LogP contribution in [-0.4, -0.2) is 29.7 Å². The van der Waals surface area contributed by atoms with Crippen molar-refractivity contribution in [3.8, 4) is 0 Å². The van der Waals surface area contributed by atoms with Crippen LogP contribution in [0.5, 0.6) is 0 Å². The molecule has 0 saturated carbocycles.